The lowest BCUT2D eigenvalue weighted by Crippen LogP contribution is -2.36. The van der Waals surface area contributed by atoms with Gasteiger partial charge in [0.25, 0.3) is 0 Å². The Balaban J connectivity index is 1.66. The molecule has 2 aromatic rings. The van der Waals surface area contributed by atoms with Crippen LogP contribution in [0.25, 0.3) is 10.3 Å². The summed E-state index contributed by atoms with van der Waals surface area (Å²) in [7, 11) is 0. The van der Waals surface area contributed by atoms with Crippen LogP contribution in [-0.2, 0) is 4.74 Å². The largest absolute Gasteiger partial charge is 0.465 e. The van der Waals surface area contributed by atoms with Crippen molar-refractivity contribution in [3.63, 3.8) is 0 Å². The summed E-state index contributed by atoms with van der Waals surface area (Å²) >= 11 is 1.38. The number of morpholine rings is 1. The average molecular weight is 394 g/mol. The van der Waals surface area contributed by atoms with Gasteiger partial charge in [0.2, 0.25) is 5.82 Å². The molecule has 4 rings (SSSR count). The number of hydrogen-bond donors (Lipinski definition) is 2. The molecular weight excluding hydrogens is 376 g/mol. The fourth-order valence-electron chi connectivity index (χ4n) is 3.33. The SMILES string of the molecule is O=C(O)N[C@H]1CCN(c2nc3nc(N4CCOCC4)sc3cc2[N+](=O)[O-])C1. The highest BCUT2D eigenvalue weighted by Crippen LogP contribution is 2.36. The first kappa shape index (κ1) is 17.7. The normalized spacial score (nSPS) is 20.2. The second-order valence-electron chi connectivity index (χ2n) is 6.39. The van der Waals surface area contributed by atoms with E-state index in [9.17, 15) is 14.9 Å². The van der Waals surface area contributed by atoms with Crippen LogP contribution in [-0.4, -0.2) is 71.5 Å². The summed E-state index contributed by atoms with van der Waals surface area (Å²) in [4.78, 5) is 34.8. The fraction of sp³-hybridized carbons (Fsp3) is 0.533. The van der Waals surface area contributed by atoms with Gasteiger partial charge in [0.15, 0.2) is 10.8 Å². The van der Waals surface area contributed by atoms with Gasteiger partial charge in [-0.05, 0) is 6.42 Å². The molecule has 1 amide bonds. The lowest BCUT2D eigenvalue weighted by atomic mass is 10.3. The van der Waals surface area contributed by atoms with Crippen molar-refractivity contribution in [3.05, 3.63) is 16.2 Å². The number of carbonyl (C=O) groups is 1. The van der Waals surface area contributed by atoms with Crippen molar-refractivity contribution in [1.82, 2.24) is 15.3 Å². The highest BCUT2D eigenvalue weighted by Gasteiger charge is 2.31. The number of nitrogens with one attached hydrogen (secondary N) is 1. The molecular formula is C15H18N6O5S. The Morgan fingerprint density at radius 3 is 2.81 bits per heavy atom. The first-order valence-corrected chi connectivity index (χ1v) is 9.36. The standard InChI is InChI=1S/C15H18N6O5S/c22-15(23)16-9-1-2-20(8-9)13-10(21(24)25)7-11-12(17-13)18-14(27-11)19-3-5-26-6-4-19/h7,9,16H,1-6,8H2,(H,22,23)/t9-/m0/s1. The molecule has 2 aromatic heterocycles. The van der Waals surface area contributed by atoms with Crippen molar-refractivity contribution in [2.45, 2.75) is 12.5 Å². The molecule has 0 aliphatic carbocycles. The van der Waals surface area contributed by atoms with E-state index in [1.165, 1.54) is 17.4 Å². The zero-order chi connectivity index (χ0) is 19.0. The van der Waals surface area contributed by atoms with E-state index < -0.39 is 11.0 Å². The van der Waals surface area contributed by atoms with Gasteiger partial charge in [-0.3, -0.25) is 10.1 Å². The van der Waals surface area contributed by atoms with Crippen molar-refractivity contribution in [2.24, 2.45) is 0 Å². The van der Waals surface area contributed by atoms with Gasteiger partial charge in [0.05, 0.1) is 28.9 Å². The molecule has 0 bridgehead atoms. The smallest absolute Gasteiger partial charge is 0.404 e. The number of fused-ring (bicyclic) bond motifs is 1. The van der Waals surface area contributed by atoms with Crippen molar-refractivity contribution in [2.75, 3.05) is 49.2 Å². The summed E-state index contributed by atoms with van der Waals surface area (Å²) < 4.78 is 6.00. The van der Waals surface area contributed by atoms with E-state index in [0.29, 0.717) is 43.1 Å². The van der Waals surface area contributed by atoms with E-state index in [-0.39, 0.29) is 17.5 Å². The van der Waals surface area contributed by atoms with Crippen LogP contribution in [0.15, 0.2) is 6.07 Å². The van der Waals surface area contributed by atoms with E-state index in [0.717, 1.165) is 18.2 Å². The van der Waals surface area contributed by atoms with E-state index in [2.05, 4.69) is 20.2 Å². The molecule has 0 spiro atoms. The number of nitrogens with zero attached hydrogens (tertiary/aromatic N) is 5. The predicted octanol–water partition coefficient (Wildman–Crippen LogP) is 1.28. The van der Waals surface area contributed by atoms with E-state index in [4.69, 9.17) is 9.84 Å². The van der Waals surface area contributed by atoms with E-state index in [1.54, 1.807) is 4.90 Å². The summed E-state index contributed by atoms with van der Waals surface area (Å²) in [6.45, 7) is 3.53. The van der Waals surface area contributed by atoms with Crippen LogP contribution in [0, 0.1) is 10.1 Å². The van der Waals surface area contributed by atoms with Crippen molar-refractivity contribution in [3.8, 4) is 0 Å². The van der Waals surface area contributed by atoms with Crippen LogP contribution < -0.4 is 15.1 Å². The number of ether oxygens (including phenoxy) is 1. The second kappa shape index (κ2) is 7.12. The van der Waals surface area contributed by atoms with Gasteiger partial charge in [0.1, 0.15) is 0 Å². The van der Waals surface area contributed by atoms with Crippen LogP contribution >= 0.6 is 11.3 Å². The number of anilines is 2. The van der Waals surface area contributed by atoms with Gasteiger partial charge < -0.3 is 25.0 Å². The third-order valence-corrected chi connectivity index (χ3v) is 5.68. The Labute approximate surface area is 157 Å². The van der Waals surface area contributed by atoms with Crippen LogP contribution in [0.4, 0.5) is 21.4 Å². The Morgan fingerprint density at radius 1 is 1.33 bits per heavy atom. The van der Waals surface area contributed by atoms with Gasteiger partial charge >= 0.3 is 11.8 Å². The number of nitro groups is 1. The molecule has 27 heavy (non-hydrogen) atoms. The molecule has 0 radical (unpaired) electrons. The number of pyridine rings is 1. The van der Waals surface area contributed by atoms with Gasteiger partial charge in [-0.1, -0.05) is 11.3 Å². The quantitative estimate of drug-likeness (QED) is 0.581. The minimum Gasteiger partial charge on any atom is -0.465 e. The first-order valence-electron chi connectivity index (χ1n) is 8.54. The molecule has 2 N–H and O–H groups in total. The molecule has 0 unspecified atom stereocenters. The Bertz CT molecular complexity index is 883. The van der Waals surface area contributed by atoms with Crippen molar-refractivity contribution >= 4 is 44.4 Å². The molecule has 0 saturated carbocycles. The summed E-state index contributed by atoms with van der Waals surface area (Å²) in [5.74, 6) is 0.237. The lowest BCUT2D eigenvalue weighted by molar-refractivity contribution is -0.384. The van der Waals surface area contributed by atoms with Gasteiger partial charge in [-0.2, -0.15) is 4.98 Å². The zero-order valence-electron chi connectivity index (χ0n) is 14.3. The average Bonchev–Trinajstić information content (AvgIpc) is 3.27. The molecule has 2 fully saturated rings. The monoisotopic (exact) mass is 394 g/mol. The number of aromatic nitrogens is 2. The number of thiazole rings is 1. The van der Waals surface area contributed by atoms with Gasteiger partial charge in [-0.25, -0.2) is 9.78 Å². The molecule has 0 aromatic carbocycles. The third-order valence-electron chi connectivity index (χ3n) is 4.63. The molecule has 144 valence electrons. The van der Waals surface area contributed by atoms with Crippen LogP contribution in [0.1, 0.15) is 6.42 Å². The van der Waals surface area contributed by atoms with E-state index >= 15 is 0 Å². The van der Waals surface area contributed by atoms with E-state index in [1.807, 2.05) is 0 Å². The molecule has 4 heterocycles. The van der Waals surface area contributed by atoms with Crippen molar-refractivity contribution in [1.29, 1.82) is 0 Å². The minimum atomic E-state index is -1.10. The first-order chi connectivity index (χ1) is 13.0. The Hall–Kier alpha value is -2.73. The van der Waals surface area contributed by atoms with Gasteiger partial charge in [0, 0.05) is 32.2 Å². The molecule has 2 saturated heterocycles. The number of carboxylic acid groups (broad SMARTS) is 1. The molecule has 2 aliphatic rings. The molecule has 12 heteroatoms. The van der Waals surface area contributed by atoms with Gasteiger partial charge in [-0.15, -0.1) is 0 Å². The topological polar surface area (TPSA) is 134 Å². The fourth-order valence-corrected chi connectivity index (χ4v) is 4.33. The van der Waals surface area contributed by atoms with Crippen LogP contribution in [0.2, 0.25) is 0 Å². The molecule has 1 atom stereocenters. The summed E-state index contributed by atoms with van der Waals surface area (Å²) in [6.07, 6.45) is -0.534. The predicted molar refractivity (Wildman–Crippen MR) is 98.9 cm³/mol. The maximum atomic E-state index is 11.6. The van der Waals surface area contributed by atoms with Crippen molar-refractivity contribution < 1.29 is 19.6 Å². The highest BCUT2D eigenvalue weighted by atomic mass is 32.1. The maximum Gasteiger partial charge on any atom is 0.404 e. The summed E-state index contributed by atoms with van der Waals surface area (Å²) in [5.41, 5.74) is 0.382. The zero-order valence-corrected chi connectivity index (χ0v) is 15.1. The Morgan fingerprint density at radius 2 is 2.11 bits per heavy atom. The Kier molecular flexibility index (Phi) is 4.66. The summed E-state index contributed by atoms with van der Waals surface area (Å²) in [6, 6.07) is 1.23. The number of hydrogen-bond acceptors (Lipinski definition) is 9. The second-order valence-corrected chi connectivity index (χ2v) is 7.40. The summed E-state index contributed by atoms with van der Waals surface area (Å²) in [5, 5.41) is 23.6. The molecule has 11 nitrogen and oxygen atoms in total. The number of amides is 1. The highest BCUT2D eigenvalue weighted by molar-refractivity contribution is 7.22. The third kappa shape index (κ3) is 3.57. The van der Waals surface area contributed by atoms with Crippen LogP contribution in [0.5, 0.6) is 0 Å². The lowest BCUT2D eigenvalue weighted by Gasteiger charge is -2.25. The maximum absolute atomic E-state index is 11.6. The number of rotatable bonds is 4. The molecule has 2 aliphatic heterocycles. The van der Waals surface area contributed by atoms with Crippen LogP contribution in [0.3, 0.4) is 0 Å². The minimum absolute atomic E-state index is 0.0874.